The minimum Gasteiger partial charge on any atom is -0.465 e. The van der Waals surface area contributed by atoms with E-state index in [-0.39, 0.29) is 23.8 Å². The first-order valence-corrected chi connectivity index (χ1v) is 10.1. The van der Waals surface area contributed by atoms with Crippen LogP contribution in [0.25, 0.3) is 0 Å². The van der Waals surface area contributed by atoms with Crippen molar-refractivity contribution in [1.29, 1.82) is 0 Å². The Morgan fingerprint density at radius 3 is 2.00 bits per heavy atom. The highest BCUT2D eigenvalue weighted by Crippen LogP contribution is 2.20. The summed E-state index contributed by atoms with van der Waals surface area (Å²) in [5.74, 6) is 0.510. The van der Waals surface area contributed by atoms with Gasteiger partial charge in [0.05, 0.1) is 25.0 Å². The molecule has 0 spiro atoms. The van der Waals surface area contributed by atoms with Crippen LogP contribution in [0.5, 0.6) is 0 Å². The predicted molar refractivity (Wildman–Crippen MR) is 102 cm³/mol. The van der Waals surface area contributed by atoms with Crippen molar-refractivity contribution in [2.75, 3.05) is 13.2 Å². The maximum absolute atomic E-state index is 12.1. The van der Waals surface area contributed by atoms with Crippen LogP contribution >= 0.6 is 0 Å². The first-order valence-electron chi connectivity index (χ1n) is 10.1. The second kappa shape index (κ2) is 14.1. The van der Waals surface area contributed by atoms with Crippen LogP contribution in [0.15, 0.2) is 0 Å². The maximum Gasteiger partial charge on any atom is 0.308 e. The monoisotopic (exact) mass is 356 g/mol. The third-order valence-corrected chi connectivity index (χ3v) is 4.57. The quantitative estimate of drug-likeness (QED) is 0.309. The van der Waals surface area contributed by atoms with Crippen molar-refractivity contribution in [1.82, 2.24) is 0 Å². The van der Waals surface area contributed by atoms with E-state index in [0.29, 0.717) is 37.9 Å². The largest absolute Gasteiger partial charge is 0.465 e. The van der Waals surface area contributed by atoms with Gasteiger partial charge >= 0.3 is 11.9 Å². The standard InChI is InChI=1S/C21H40O4/c1-7-9-12-25-21(23)19(8-2)15-18(6)20(22)24-13-10-11-17(5)14-16(3)4/h16-19H,7-15H2,1-6H3. The first kappa shape index (κ1) is 23.9. The van der Waals surface area contributed by atoms with Gasteiger partial charge in [0.25, 0.3) is 0 Å². The third-order valence-electron chi connectivity index (χ3n) is 4.57. The zero-order valence-electron chi connectivity index (χ0n) is 17.3. The lowest BCUT2D eigenvalue weighted by molar-refractivity contribution is -0.152. The van der Waals surface area contributed by atoms with Gasteiger partial charge in [-0.25, -0.2) is 0 Å². The molecule has 0 aliphatic rings. The molecule has 0 saturated carbocycles. The minimum atomic E-state index is -0.267. The Morgan fingerprint density at radius 1 is 0.840 bits per heavy atom. The second-order valence-corrected chi connectivity index (χ2v) is 7.81. The molecule has 0 rings (SSSR count). The number of carbonyl (C=O) groups is 2. The fraction of sp³-hybridized carbons (Fsp3) is 0.905. The fourth-order valence-electron chi connectivity index (χ4n) is 3.06. The summed E-state index contributed by atoms with van der Waals surface area (Å²) >= 11 is 0. The molecule has 0 radical (unpaired) electrons. The molecule has 0 aromatic rings. The van der Waals surface area contributed by atoms with E-state index in [1.807, 2.05) is 13.8 Å². The van der Waals surface area contributed by atoms with Gasteiger partial charge in [-0.05, 0) is 50.4 Å². The van der Waals surface area contributed by atoms with E-state index < -0.39 is 0 Å². The number of carbonyl (C=O) groups excluding carboxylic acids is 2. The molecular weight excluding hydrogens is 316 g/mol. The lowest BCUT2D eigenvalue weighted by Crippen LogP contribution is -2.24. The highest BCUT2D eigenvalue weighted by atomic mass is 16.5. The molecule has 148 valence electrons. The molecule has 0 N–H and O–H groups in total. The second-order valence-electron chi connectivity index (χ2n) is 7.81. The number of ether oxygens (including phenoxy) is 2. The molecule has 4 heteroatoms. The van der Waals surface area contributed by atoms with Gasteiger partial charge < -0.3 is 9.47 Å². The molecule has 3 atom stereocenters. The summed E-state index contributed by atoms with van der Waals surface area (Å²) in [5, 5.41) is 0. The molecule has 0 aliphatic carbocycles. The van der Waals surface area contributed by atoms with Crippen LogP contribution in [0.4, 0.5) is 0 Å². The van der Waals surface area contributed by atoms with E-state index in [1.165, 1.54) is 6.42 Å². The third kappa shape index (κ3) is 12.0. The van der Waals surface area contributed by atoms with E-state index >= 15 is 0 Å². The Morgan fingerprint density at radius 2 is 1.44 bits per heavy atom. The van der Waals surface area contributed by atoms with Crippen molar-refractivity contribution < 1.29 is 19.1 Å². The Bertz CT molecular complexity index is 365. The van der Waals surface area contributed by atoms with E-state index in [0.717, 1.165) is 25.7 Å². The number of esters is 2. The normalized spacial score (nSPS) is 14.8. The lowest BCUT2D eigenvalue weighted by atomic mass is 9.93. The molecule has 0 aromatic heterocycles. The maximum atomic E-state index is 12.1. The summed E-state index contributed by atoms with van der Waals surface area (Å²) < 4.78 is 10.7. The average molecular weight is 357 g/mol. The van der Waals surface area contributed by atoms with Gasteiger partial charge in [0.2, 0.25) is 0 Å². The Balaban J connectivity index is 4.07. The molecule has 0 aliphatic heterocycles. The van der Waals surface area contributed by atoms with Gasteiger partial charge in [-0.3, -0.25) is 9.59 Å². The summed E-state index contributed by atoms with van der Waals surface area (Å²) in [7, 11) is 0. The molecule has 0 bridgehead atoms. The van der Waals surface area contributed by atoms with Crippen LogP contribution in [0.1, 0.15) is 86.5 Å². The molecule has 0 saturated heterocycles. The van der Waals surface area contributed by atoms with Crippen LogP contribution in [0.3, 0.4) is 0 Å². The van der Waals surface area contributed by atoms with E-state index in [1.54, 1.807) is 0 Å². The predicted octanol–water partition coefficient (Wildman–Crippen LogP) is 5.39. The van der Waals surface area contributed by atoms with E-state index in [2.05, 4.69) is 27.7 Å². The Hall–Kier alpha value is -1.06. The topological polar surface area (TPSA) is 52.6 Å². The SMILES string of the molecule is CCCCOC(=O)C(CC)CC(C)C(=O)OCCCC(C)CC(C)C. The van der Waals surface area contributed by atoms with E-state index in [4.69, 9.17) is 9.47 Å². The van der Waals surface area contributed by atoms with Crippen molar-refractivity contribution in [2.45, 2.75) is 86.5 Å². The Labute approximate surface area is 155 Å². The molecule has 3 unspecified atom stereocenters. The van der Waals surface area contributed by atoms with Crippen molar-refractivity contribution in [3.8, 4) is 0 Å². The Kier molecular flexibility index (Phi) is 13.5. The summed E-state index contributed by atoms with van der Waals surface area (Å²) in [6.07, 6.45) is 6.28. The van der Waals surface area contributed by atoms with Gasteiger partial charge in [0.15, 0.2) is 0 Å². The van der Waals surface area contributed by atoms with Gasteiger partial charge in [-0.15, -0.1) is 0 Å². The van der Waals surface area contributed by atoms with Gasteiger partial charge in [0.1, 0.15) is 0 Å². The molecule has 0 fully saturated rings. The summed E-state index contributed by atoms with van der Waals surface area (Å²) in [6.45, 7) is 13.5. The minimum absolute atomic E-state index is 0.182. The number of hydrogen-bond donors (Lipinski definition) is 0. The smallest absolute Gasteiger partial charge is 0.308 e. The molecular formula is C21H40O4. The summed E-state index contributed by atoms with van der Waals surface area (Å²) in [6, 6.07) is 0. The summed E-state index contributed by atoms with van der Waals surface area (Å²) in [5.41, 5.74) is 0. The van der Waals surface area contributed by atoms with Gasteiger partial charge in [-0.1, -0.05) is 48.0 Å². The van der Waals surface area contributed by atoms with Crippen LogP contribution in [-0.4, -0.2) is 25.2 Å². The fourth-order valence-corrected chi connectivity index (χ4v) is 3.06. The van der Waals surface area contributed by atoms with Crippen LogP contribution in [0, 0.1) is 23.7 Å². The van der Waals surface area contributed by atoms with Crippen molar-refractivity contribution >= 4 is 11.9 Å². The van der Waals surface area contributed by atoms with Crippen molar-refractivity contribution in [3.05, 3.63) is 0 Å². The van der Waals surface area contributed by atoms with E-state index in [9.17, 15) is 9.59 Å². The number of rotatable bonds is 14. The molecule has 0 aromatic carbocycles. The van der Waals surface area contributed by atoms with Gasteiger partial charge in [-0.2, -0.15) is 0 Å². The van der Waals surface area contributed by atoms with Gasteiger partial charge in [0, 0.05) is 0 Å². The molecule has 4 nitrogen and oxygen atoms in total. The van der Waals surface area contributed by atoms with Crippen LogP contribution in [0.2, 0.25) is 0 Å². The highest BCUT2D eigenvalue weighted by molar-refractivity contribution is 5.75. The number of unbranched alkanes of at least 4 members (excludes halogenated alkanes) is 1. The van der Waals surface area contributed by atoms with Crippen molar-refractivity contribution in [2.24, 2.45) is 23.7 Å². The van der Waals surface area contributed by atoms with Crippen LogP contribution < -0.4 is 0 Å². The average Bonchev–Trinajstić information content (AvgIpc) is 2.55. The zero-order valence-corrected chi connectivity index (χ0v) is 17.3. The lowest BCUT2D eigenvalue weighted by Gasteiger charge is -2.18. The molecule has 0 heterocycles. The molecule has 0 amide bonds. The van der Waals surface area contributed by atoms with Crippen molar-refractivity contribution in [3.63, 3.8) is 0 Å². The molecule has 25 heavy (non-hydrogen) atoms. The zero-order chi connectivity index (χ0) is 19.2. The number of hydrogen-bond acceptors (Lipinski definition) is 4. The van der Waals surface area contributed by atoms with Crippen LogP contribution in [-0.2, 0) is 19.1 Å². The first-order chi connectivity index (χ1) is 11.8. The highest BCUT2D eigenvalue weighted by Gasteiger charge is 2.25. The summed E-state index contributed by atoms with van der Waals surface area (Å²) in [4.78, 5) is 24.2.